The molecule has 168 valence electrons. The van der Waals surface area contributed by atoms with Gasteiger partial charge < -0.3 is 10.2 Å². The Labute approximate surface area is 193 Å². The van der Waals surface area contributed by atoms with Crippen molar-refractivity contribution in [2.45, 2.75) is 26.9 Å². The van der Waals surface area contributed by atoms with E-state index in [1.54, 1.807) is 19.0 Å². The second kappa shape index (κ2) is 9.28. The summed E-state index contributed by atoms with van der Waals surface area (Å²) in [4.78, 5) is 27.1. The number of carbonyl (C=O) groups is 2. The number of benzene rings is 3. The number of aromatic nitrogens is 2. The molecule has 0 atom stereocenters. The molecule has 0 bridgehead atoms. The van der Waals surface area contributed by atoms with Crippen LogP contribution < -0.4 is 5.32 Å². The van der Waals surface area contributed by atoms with Gasteiger partial charge in [-0.25, -0.2) is 0 Å². The molecule has 6 heteroatoms. The van der Waals surface area contributed by atoms with Crippen LogP contribution in [-0.2, 0) is 13.1 Å². The molecule has 4 aromatic rings. The molecule has 1 heterocycles. The van der Waals surface area contributed by atoms with Gasteiger partial charge in [0.1, 0.15) is 0 Å². The van der Waals surface area contributed by atoms with E-state index in [4.69, 9.17) is 0 Å². The van der Waals surface area contributed by atoms with Crippen molar-refractivity contribution in [3.8, 4) is 11.1 Å². The third kappa shape index (κ3) is 4.37. The van der Waals surface area contributed by atoms with Crippen molar-refractivity contribution < 1.29 is 9.59 Å². The predicted octanol–water partition coefficient (Wildman–Crippen LogP) is 4.66. The molecule has 0 aliphatic rings. The molecule has 0 spiro atoms. The molecular formula is C27H28N4O2. The highest BCUT2D eigenvalue weighted by molar-refractivity contribution is 6.10. The summed E-state index contributed by atoms with van der Waals surface area (Å²) in [6.45, 7) is 5.28. The van der Waals surface area contributed by atoms with E-state index in [9.17, 15) is 9.59 Å². The van der Waals surface area contributed by atoms with Crippen molar-refractivity contribution in [3.63, 3.8) is 0 Å². The first-order valence-electron chi connectivity index (χ1n) is 11.0. The van der Waals surface area contributed by atoms with E-state index in [1.165, 1.54) is 0 Å². The Morgan fingerprint density at radius 1 is 1.00 bits per heavy atom. The lowest BCUT2D eigenvalue weighted by Crippen LogP contribution is -2.23. The van der Waals surface area contributed by atoms with Gasteiger partial charge in [-0.3, -0.25) is 14.3 Å². The highest BCUT2D eigenvalue weighted by Crippen LogP contribution is 2.31. The van der Waals surface area contributed by atoms with Gasteiger partial charge in [0.15, 0.2) is 0 Å². The zero-order valence-corrected chi connectivity index (χ0v) is 19.4. The molecular weight excluding hydrogens is 412 g/mol. The van der Waals surface area contributed by atoms with E-state index in [0.717, 1.165) is 39.7 Å². The smallest absolute Gasteiger partial charge is 0.253 e. The number of nitrogens with one attached hydrogen (secondary N) is 1. The number of rotatable bonds is 6. The van der Waals surface area contributed by atoms with E-state index < -0.39 is 0 Å². The molecule has 6 nitrogen and oxygen atoms in total. The molecule has 3 aromatic carbocycles. The maximum absolute atomic E-state index is 13.1. The number of hydrogen-bond donors (Lipinski definition) is 1. The van der Waals surface area contributed by atoms with Gasteiger partial charge in [-0.15, -0.1) is 0 Å². The van der Waals surface area contributed by atoms with Gasteiger partial charge in [-0.05, 0) is 53.9 Å². The molecule has 0 saturated carbocycles. The maximum atomic E-state index is 13.1. The van der Waals surface area contributed by atoms with Crippen molar-refractivity contribution in [1.82, 2.24) is 20.0 Å². The van der Waals surface area contributed by atoms with Crippen LogP contribution in [0.15, 0.2) is 66.9 Å². The average Bonchev–Trinajstić information content (AvgIpc) is 3.20. The number of amides is 2. The van der Waals surface area contributed by atoms with Crippen molar-refractivity contribution in [2.75, 3.05) is 14.1 Å². The van der Waals surface area contributed by atoms with E-state index in [2.05, 4.69) is 10.4 Å². The zero-order chi connectivity index (χ0) is 23.5. The fourth-order valence-corrected chi connectivity index (χ4v) is 4.09. The Hall–Kier alpha value is -3.93. The highest BCUT2D eigenvalue weighted by atomic mass is 16.2. The normalized spacial score (nSPS) is 10.9. The van der Waals surface area contributed by atoms with Gasteiger partial charge in [-0.1, -0.05) is 42.5 Å². The lowest BCUT2D eigenvalue weighted by atomic mass is 9.94. The Balaban J connectivity index is 1.67. The molecule has 4 rings (SSSR count). The summed E-state index contributed by atoms with van der Waals surface area (Å²) in [7, 11) is 3.49. The second-order valence-electron chi connectivity index (χ2n) is 8.24. The van der Waals surface area contributed by atoms with E-state index in [0.29, 0.717) is 17.7 Å². The molecule has 0 aliphatic carbocycles. The van der Waals surface area contributed by atoms with Gasteiger partial charge in [0.25, 0.3) is 11.8 Å². The first-order chi connectivity index (χ1) is 15.9. The second-order valence-corrected chi connectivity index (χ2v) is 8.24. The van der Waals surface area contributed by atoms with Crippen molar-refractivity contribution >= 4 is 22.6 Å². The Morgan fingerprint density at radius 3 is 2.45 bits per heavy atom. The molecule has 1 aromatic heterocycles. The van der Waals surface area contributed by atoms with Gasteiger partial charge in [0.05, 0.1) is 6.20 Å². The summed E-state index contributed by atoms with van der Waals surface area (Å²) >= 11 is 0. The fraction of sp³-hybridized carbons (Fsp3) is 0.222. The number of carbonyl (C=O) groups excluding carboxylic acids is 2. The van der Waals surface area contributed by atoms with Crippen LogP contribution in [-0.4, -0.2) is 40.6 Å². The van der Waals surface area contributed by atoms with Crippen LogP contribution in [0.4, 0.5) is 0 Å². The largest absolute Gasteiger partial charge is 0.348 e. The number of aryl methyl sites for hydroxylation is 1. The molecule has 0 fully saturated rings. The number of nitrogens with zero attached hydrogens (tertiary/aromatic N) is 3. The lowest BCUT2D eigenvalue weighted by molar-refractivity contribution is 0.0827. The molecule has 33 heavy (non-hydrogen) atoms. The van der Waals surface area contributed by atoms with Crippen LogP contribution in [0.1, 0.15) is 38.9 Å². The Morgan fingerprint density at radius 2 is 1.73 bits per heavy atom. The fourth-order valence-electron chi connectivity index (χ4n) is 4.09. The summed E-state index contributed by atoms with van der Waals surface area (Å²) in [5.74, 6) is -0.170. The average molecular weight is 441 g/mol. The van der Waals surface area contributed by atoms with Crippen LogP contribution in [0.25, 0.3) is 21.9 Å². The summed E-state index contributed by atoms with van der Waals surface area (Å²) < 4.78 is 1.92. The Bertz CT molecular complexity index is 1340. The van der Waals surface area contributed by atoms with Crippen LogP contribution >= 0.6 is 0 Å². The van der Waals surface area contributed by atoms with Gasteiger partial charge in [0, 0.05) is 49.6 Å². The molecule has 0 saturated heterocycles. The number of fused-ring (bicyclic) bond motifs is 1. The SMILES string of the molecule is CCn1ncc(CNC(=O)c2cccc3c(-c4cccc(C(=O)N(C)C)c4)cccc23)c1C. The molecule has 0 aliphatic heterocycles. The van der Waals surface area contributed by atoms with Gasteiger partial charge >= 0.3 is 0 Å². The van der Waals surface area contributed by atoms with Gasteiger partial charge in [-0.2, -0.15) is 5.10 Å². The molecule has 0 radical (unpaired) electrons. The summed E-state index contributed by atoms with van der Waals surface area (Å²) in [6.07, 6.45) is 1.81. The third-order valence-corrected chi connectivity index (χ3v) is 5.94. The van der Waals surface area contributed by atoms with E-state index >= 15 is 0 Å². The van der Waals surface area contributed by atoms with Crippen LogP contribution in [0.2, 0.25) is 0 Å². The summed E-state index contributed by atoms with van der Waals surface area (Å²) in [5, 5.41) is 9.23. The monoisotopic (exact) mass is 440 g/mol. The molecule has 1 N–H and O–H groups in total. The minimum Gasteiger partial charge on any atom is -0.348 e. The van der Waals surface area contributed by atoms with Crippen LogP contribution in [0.3, 0.4) is 0 Å². The van der Waals surface area contributed by atoms with Crippen molar-refractivity contribution in [1.29, 1.82) is 0 Å². The Kier molecular flexibility index (Phi) is 6.27. The minimum absolute atomic E-state index is 0.0427. The minimum atomic E-state index is -0.127. The summed E-state index contributed by atoms with van der Waals surface area (Å²) in [5.41, 5.74) is 5.24. The van der Waals surface area contributed by atoms with Crippen LogP contribution in [0, 0.1) is 6.92 Å². The molecule has 2 amide bonds. The molecule has 0 unspecified atom stereocenters. The first kappa shape index (κ1) is 22.3. The summed E-state index contributed by atoms with van der Waals surface area (Å²) in [6, 6.07) is 19.3. The van der Waals surface area contributed by atoms with E-state index in [-0.39, 0.29) is 11.8 Å². The lowest BCUT2D eigenvalue weighted by Gasteiger charge is -2.13. The zero-order valence-electron chi connectivity index (χ0n) is 19.4. The highest BCUT2D eigenvalue weighted by Gasteiger charge is 2.15. The topological polar surface area (TPSA) is 67.2 Å². The van der Waals surface area contributed by atoms with Gasteiger partial charge in [0.2, 0.25) is 0 Å². The van der Waals surface area contributed by atoms with Crippen LogP contribution in [0.5, 0.6) is 0 Å². The third-order valence-electron chi connectivity index (χ3n) is 5.94. The van der Waals surface area contributed by atoms with Crippen molar-refractivity contribution in [2.24, 2.45) is 0 Å². The van der Waals surface area contributed by atoms with E-state index in [1.807, 2.05) is 85.4 Å². The first-order valence-corrected chi connectivity index (χ1v) is 11.0. The standard InChI is InChI=1S/C27H28N4O2/c1-5-31-18(2)21(17-29-31)16-28-26(32)25-14-8-12-23-22(11-7-13-24(23)25)19-9-6-10-20(15-19)27(33)30(3)4/h6-15,17H,5,16H2,1-4H3,(H,28,32). The predicted molar refractivity (Wildman–Crippen MR) is 131 cm³/mol. The maximum Gasteiger partial charge on any atom is 0.253 e. The number of hydrogen-bond acceptors (Lipinski definition) is 3. The quantitative estimate of drug-likeness (QED) is 0.474. The van der Waals surface area contributed by atoms with Crippen molar-refractivity contribution in [3.05, 3.63) is 89.2 Å².